The van der Waals surface area contributed by atoms with Gasteiger partial charge in [0.05, 0.1) is 6.26 Å². The molecule has 2 aromatic rings. The highest BCUT2D eigenvalue weighted by molar-refractivity contribution is 5.25. The van der Waals surface area contributed by atoms with Crippen LogP contribution in [0.3, 0.4) is 0 Å². The third kappa shape index (κ3) is 3.19. The number of hydrogen-bond donors (Lipinski definition) is 2. The fourth-order valence-electron chi connectivity index (χ4n) is 1.97. The lowest BCUT2D eigenvalue weighted by molar-refractivity contribution is 0.458. The standard InChI is InChI=1S/C14H18N2O/c1-11-4-2-5-12(10-11)14(16-15)8-7-13-6-3-9-17-13/h2-6,9-10,14,16H,7-8,15H2,1H3. The van der Waals surface area contributed by atoms with Crippen LogP contribution in [0.2, 0.25) is 0 Å². The Morgan fingerprint density at radius 2 is 2.18 bits per heavy atom. The van der Waals surface area contributed by atoms with E-state index in [1.807, 2.05) is 12.1 Å². The molecule has 1 atom stereocenters. The van der Waals surface area contributed by atoms with Crippen molar-refractivity contribution in [1.82, 2.24) is 5.43 Å². The molecule has 0 aliphatic carbocycles. The number of furan rings is 1. The highest BCUT2D eigenvalue weighted by Gasteiger charge is 2.10. The summed E-state index contributed by atoms with van der Waals surface area (Å²) in [5.74, 6) is 6.61. The SMILES string of the molecule is Cc1cccc(C(CCc2ccco2)NN)c1. The first-order valence-corrected chi connectivity index (χ1v) is 5.84. The molecule has 0 bridgehead atoms. The van der Waals surface area contributed by atoms with E-state index in [1.54, 1.807) is 6.26 Å². The van der Waals surface area contributed by atoms with E-state index in [-0.39, 0.29) is 6.04 Å². The molecule has 1 aromatic carbocycles. The number of hydrazine groups is 1. The smallest absolute Gasteiger partial charge is 0.103 e. The van der Waals surface area contributed by atoms with Crippen LogP contribution in [0, 0.1) is 6.92 Å². The Balaban J connectivity index is 2.01. The second kappa shape index (κ2) is 5.66. The average Bonchev–Trinajstić information content (AvgIpc) is 2.83. The van der Waals surface area contributed by atoms with Crippen LogP contribution in [0.4, 0.5) is 0 Å². The molecule has 1 heterocycles. The van der Waals surface area contributed by atoms with Crippen LogP contribution >= 0.6 is 0 Å². The lowest BCUT2D eigenvalue weighted by Crippen LogP contribution is -2.28. The molecule has 3 nitrogen and oxygen atoms in total. The summed E-state index contributed by atoms with van der Waals surface area (Å²) in [6, 6.07) is 12.5. The zero-order valence-corrected chi connectivity index (χ0v) is 10.0. The van der Waals surface area contributed by atoms with E-state index in [0.717, 1.165) is 18.6 Å². The van der Waals surface area contributed by atoms with Crippen molar-refractivity contribution in [3.05, 3.63) is 59.5 Å². The summed E-state index contributed by atoms with van der Waals surface area (Å²) in [5.41, 5.74) is 5.34. The first-order valence-electron chi connectivity index (χ1n) is 5.84. The predicted molar refractivity (Wildman–Crippen MR) is 68.3 cm³/mol. The Bertz CT molecular complexity index is 451. The van der Waals surface area contributed by atoms with Gasteiger partial charge in [0.15, 0.2) is 0 Å². The van der Waals surface area contributed by atoms with Crippen LogP contribution in [-0.4, -0.2) is 0 Å². The largest absolute Gasteiger partial charge is 0.469 e. The van der Waals surface area contributed by atoms with Crippen LogP contribution < -0.4 is 11.3 Å². The molecule has 3 heteroatoms. The minimum absolute atomic E-state index is 0.167. The zero-order chi connectivity index (χ0) is 12.1. The van der Waals surface area contributed by atoms with Crippen LogP contribution in [0.15, 0.2) is 47.1 Å². The van der Waals surface area contributed by atoms with Gasteiger partial charge in [-0.15, -0.1) is 0 Å². The first kappa shape index (κ1) is 11.9. The fraction of sp³-hybridized carbons (Fsp3) is 0.286. The van der Waals surface area contributed by atoms with E-state index in [1.165, 1.54) is 11.1 Å². The Morgan fingerprint density at radius 3 is 2.82 bits per heavy atom. The van der Waals surface area contributed by atoms with Gasteiger partial charge in [0, 0.05) is 12.5 Å². The van der Waals surface area contributed by atoms with E-state index in [0.29, 0.717) is 0 Å². The third-order valence-electron chi connectivity index (χ3n) is 2.91. The maximum absolute atomic E-state index is 5.61. The van der Waals surface area contributed by atoms with Crippen molar-refractivity contribution in [1.29, 1.82) is 0 Å². The van der Waals surface area contributed by atoms with Crippen molar-refractivity contribution in [3.63, 3.8) is 0 Å². The molecule has 0 aliphatic rings. The minimum Gasteiger partial charge on any atom is -0.469 e. The number of aryl methyl sites for hydroxylation is 2. The highest BCUT2D eigenvalue weighted by Crippen LogP contribution is 2.19. The Hall–Kier alpha value is -1.58. The van der Waals surface area contributed by atoms with E-state index in [2.05, 4.69) is 36.6 Å². The molecule has 1 aromatic heterocycles. The molecule has 17 heavy (non-hydrogen) atoms. The number of nitrogens with one attached hydrogen (secondary N) is 1. The van der Waals surface area contributed by atoms with E-state index in [4.69, 9.17) is 10.3 Å². The molecule has 2 rings (SSSR count). The second-order valence-corrected chi connectivity index (χ2v) is 4.25. The van der Waals surface area contributed by atoms with Gasteiger partial charge >= 0.3 is 0 Å². The number of nitrogens with two attached hydrogens (primary N) is 1. The van der Waals surface area contributed by atoms with Gasteiger partial charge in [-0.05, 0) is 31.0 Å². The molecular formula is C14H18N2O. The molecule has 0 spiro atoms. The molecule has 1 unspecified atom stereocenters. The third-order valence-corrected chi connectivity index (χ3v) is 2.91. The summed E-state index contributed by atoms with van der Waals surface area (Å²) in [4.78, 5) is 0. The average molecular weight is 230 g/mol. The Kier molecular flexibility index (Phi) is 3.96. The van der Waals surface area contributed by atoms with Crippen LogP contribution in [-0.2, 0) is 6.42 Å². The minimum atomic E-state index is 0.167. The summed E-state index contributed by atoms with van der Waals surface area (Å²) in [6.07, 6.45) is 3.51. The van der Waals surface area contributed by atoms with Gasteiger partial charge in [-0.1, -0.05) is 29.8 Å². The summed E-state index contributed by atoms with van der Waals surface area (Å²) >= 11 is 0. The predicted octanol–water partition coefficient (Wildman–Crippen LogP) is 2.73. The summed E-state index contributed by atoms with van der Waals surface area (Å²) in [5, 5.41) is 0. The lowest BCUT2D eigenvalue weighted by Gasteiger charge is -2.16. The first-order chi connectivity index (χ1) is 8.29. The number of rotatable bonds is 5. The maximum Gasteiger partial charge on any atom is 0.103 e. The van der Waals surface area contributed by atoms with Gasteiger partial charge in [-0.25, -0.2) is 0 Å². The quantitative estimate of drug-likeness (QED) is 0.613. The second-order valence-electron chi connectivity index (χ2n) is 4.25. The molecule has 0 saturated heterocycles. The lowest BCUT2D eigenvalue weighted by atomic mass is 10.0. The Morgan fingerprint density at radius 1 is 1.29 bits per heavy atom. The molecule has 0 saturated carbocycles. The highest BCUT2D eigenvalue weighted by atomic mass is 16.3. The summed E-state index contributed by atoms with van der Waals surface area (Å²) < 4.78 is 5.32. The van der Waals surface area contributed by atoms with Gasteiger partial charge < -0.3 is 4.42 Å². The van der Waals surface area contributed by atoms with Gasteiger partial charge in [0.25, 0.3) is 0 Å². The number of benzene rings is 1. The van der Waals surface area contributed by atoms with Gasteiger partial charge in [0.1, 0.15) is 5.76 Å². The maximum atomic E-state index is 5.61. The molecular weight excluding hydrogens is 212 g/mol. The number of hydrogen-bond acceptors (Lipinski definition) is 3. The van der Waals surface area contributed by atoms with Crippen molar-refractivity contribution in [2.45, 2.75) is 25.8 Å². The van der Waals surface area contributed by atoms with Crippen molar-refractivity contribution in [3.8, 4) is 0 Å². The van der Waals surface area contributed by atoms with Crippen molar-refractivity contribution in [2.75, 3.05) is 0 Å². The molecule has 0 aliphatic heterocycles. The van der Waals surface area contributed by atoms with Crippen molar-refractivity contribution in [2.24, 2.45) is 5.84 Å². The molecule has 3 N–H and O–H groups in total. The van der Waals surface area contributed by atoms with Gasteiger partial charge in [0.2, 0.25) is 0 Å². The molecule has 0 fully saturated rings. The van der Waals surface area contributed by atoms with Gasteiger partial charge in [-0.3, -0.25) is 11.3 Å². The van der Waals surface area contributed by atoms with Crippen molar-refractivity contribution >= 4 is 0 Å². The molecule has 0 radical (unpaired) electrons. The summed E-state index contributed by atoms with van der Waals surface area (Å²) in [7, 11) is 0. The Labute approximate surface area is 102 Å². The van der Waals surface area contributed by atoms with Gasteiger partial charge in [-0.2, -0.15) is 0 Å². The van der Waals surface area contributed by atoms with Crippen LogP contribution in [0.5, 0.6) is 0 Å². The van der Waals surface area contributed by atoms with E-state index < -0.39 is 0 Å². The molecule has 90 valence electrons. The summed E-state index contributed by atoms with van der Waals surface area (Å²) in [6.45, 7) is 2.09. The topological polar surface area (TPSA) is 51.2 Å². The monoisotopic (exact) mass is 230 g/mol. The normalized spacial score (nSPS) is 12.6. The van der Waals surface area contributed by atoms with E-state index in [9.17, 15) is 0 Å². The van der Waals surface area contributed by atoms with Crippen LogP contribution in [0.25, 0.3) is 0 Å². The van der Waals surface area contributed by atoms with Crippen LogP contribution in [0.1, 0.15) is 29.3 Å². The molecule has 0 amide bonds. The zero-order valence-electron chi connectivity index (χ0n) is 10.0. The van der Waals surface area contributed by atoms with E-state index >= 15 is 0 Å². The fourth-order valence-corrected chi connectivity index (χ4v) is 1.97. The van der Waals surface area contributed by atoms with Crippen molar-refractivity contribution < 1.29 is 4.42 Å².